The molecule has 1 amide bonds. The zero-order valence-corrected chi connectivity index (χ0v) is 15.8. The Labute approximate surface area is 149 Å². The minimum atomic E-state index is -0.909. The number of hydrogen-bond acceptors (Lipinski definition) is 7. The predicted molar refractivity (Wildman–Crippen MR) is 93.9 cm³/mol. The number of rotatable bonds is 5. The van der Waals surface area contributed by atoms with E-state index < -0.39 is 17.7 Å². The standard InChI is InChI=1S/C15H23N3O4S2/c1-15(2,3)22-14(21)18(10-7-5-4-6-8-10)12-16-17-13(24-12)23-9-11(19)20/h10H,4-9H2,1-3H3,(H,19,20). The molecule has 0 bridgehead atoms. The van der Waals surface area contributed by atoms with Crippen molar-refractivity contribution in [3.63, 3.8) is 0 Å². The average molecular weight is 374 g/mol. The SMILES string of the molecule is CC(C)(C)OC(=O)N(c1nnc(SCC(=O)O)s1)C1CCCCC1. The summed E-state index contributed by atoms with van der Waals surface area (Å²) in [7, 11) is 0. The second-order valence-corrected chi connectivity index (χ2v) is 8.85. The fourth-order valence-electron chi connectivity index (χ4n) is 2.52. The van der Waals surface area contributed by atoms with E-state index in [4.69, 9.17) is 9.84 Å². The van der Waals surface area contributed by atoms with Crippen LogP contribution < -0.4 is 4.90 Å². The molecule has 2 rings (SSSR count). The summed E-state index contributed by atoms with van der Waals surface area (Å²) in [5.41, 5.74) is -0.588. The number of amides is 1. The van der Waals surface area contributed by atoms with E-state index in [0.29, 0.717) is 9.47 Å². The molecular weight excluding hydrogens is 350 g/mol. The average Bonchev–Trinajstić information content (AvgIpc) is 2.93. The van der Waals surface area contributed by atoms with E-state index in [1.807, 2.05) is 20.8 Å². The van der Waals surface area contributed by atoms with Crippen molar-refractivity contribution in [1.29, 1.82) is 0 Å². The highest BCUT2D eigenvalue weighted by Crippen LogP contribution is 2.33. The summed E-state index contributed by atoms with van der Waals surface area (Å²) in [4.78, 5) is 25.0. The Morgan fingerprint density at radius 2 is 1.96 bits per heavy atom. The minimum absolute atomic E-state index is 0.0545. The molecule has 1 heterocycles. The molecule has 0 aliphatic heterocycles. The van der Waals surface area contributed by atoms with Crippen molar-refractivity contribution in [3.8, 4) is 0 Å². The number of hydrogen-bond donors (Lipinski definition) is 1. The Bertz CT molecular complexity index is 580. The molecule has 1 aliphatic carbocycles. The zero-order chi connectivity index (χ0) is 17.7. The first-order valence-electron chi connectivity index (χ1n) is 7.96. The first-order chi connectivity index (χ1) is 11.3. The lowest BCUT2D eigenvalue weighted by molar-refractivity contribution is -0.133. The molecule has 0 atom stereocenters. The molecular formula is C15H23N3O4S2. The number of ether oxygens (including phenoxy) is 1. The summed E-state index contributed by atoms with van der Waals surface area (Å²) in [5, 5.41) is 17.3. The molecule has 7 nitrogen and oxygen atoms in total. The van der Waals surface area contributed by atoms with Gasteiger partial charge in [-0.15, -0.1) is 10.2 Å². The van der Waals surface area contributed by atoms with Crippen molar-refractivity contribution in [2.45, 2.75) is 68.9 Å². The van der Waals surface area contributed by atoms with Crippen molar-refractivity contribution in [1.82, 2.24) is 10.2 Å². The maximum atomic E-state index is 12.7. The molecule has 1 N–H and O–H groups in total. The van der Waals surface area contributed by atoms with E-state index in [1.165, 1.54) is 17.8 Å². The Morgan fingerprint density at radius 1 is 1.29 bits per heavy atom. The Kier molecular flexibility index (Phi) is 6.45. The normalized spacial score (nSPS) is 16.0. The molecule has 134 valence electrons. The van der Waals surface area contributed by atoms with Crippen LogP contribution in [0.15, 0.2) is 4.34 Å². The summed E-state index contributed by atoms with van der Waals surface area (Å²) in [6.07, 6.45) is 4.73. The quantitative estimate of drug-likeness (QED) is 0.620. The topological polar surface area (TPSA) is 92.6 Å². The molecule has 1 saturated carbocycles. The molecule has 1 aromatic heterocycles. The summed E-state index contributed by atoms with van der Waals surface area (Å²) in [6, 6.07) is 0.0545. The molecule has 0 radical (unpaired) electrons. The van der Waals surface area contributed by atoms with Crippen LogP contribution in [0.4, 0.5) is 9.93 Å². The third kappa shape index (κ3) is 5.62. The van der Waals surface area contributed by atoms with Crippen LogP contribution in [0.2, 0.25) is 0 Å². The van der Waals surface area contributed by atoms with Gasteiger partial charge in [-0.1, -0.05) is 42.4 Å². The molecule has 0 saturated heterocycles. The summed E-state index contributed by atoms with van der Waals surface area (Å²) >= 11 is 2.34. The highest BCUT2D eigenvalue weighted by atomic mass is 32.2. The molecule has 1 aromatic rings. The van der Waals surface area contributed by atoms with Crippen LogP contribution in [-0.2, 0) is 9.53 Å². The van der Waals surface area contributed by atoms with Crippen LogP contribution in [-0.4, -0.2) is 44.8 Å². The third-order valence-corrected chi connectivity index (χ3v) is 5.49. The summed E-state index contributed by atoms with van der Waals surface area (Å²) in [6.45, 7) is 5.49. The molecule has 9 heteroatoms. The number of carbonyl (C=O) groups is 2. The fourth-order valence-corrected chi connectivity index (χ4v) is 4.14. The minimum Gasteiger partial charge on any atom is -0.481 e. The van der Waals surface area contributed by atoms with Crippen LogP contribution in [0.3, 0.4) is 0 Å². The van der Waals surface area contributed by atoms with Gasteiger partial charge >= 0.3 is 12.1 Å². The highest BCUT2D eigenvalue weighted by Gasteiger charge is 2.33. The van der Waals surface area contributed by atoms with Crippen molar-refractivity contribution < 1.29 is 19.4 Å². The lowest BCUT2D eigenvalue weighted by atomic mass is 9.95. The maximum Gasteiger partial charge on any atom is 0.416 e. The second-order valence-electron chi connectivity index (χ2n) is 6.68. The molecule has 1 fully saturated rings. The van der Waals surface area contributed by atoms with E-state index in [-0.39, 0.29) is 11.8 Å². The Balaban J connectivity index is 2.18. The van der Waals surface area contributed by atoms with Crippen LogP contribution in [0.25, 0.3) is 0 Å². The predicted octanol–water partition coefficient (Wildman–Crippen LogP) is 3.79. The number of thioether (sulfide) groups is 1. The van der Waals surface area contributed by atoms with Gasteiger partial charge in [-0.25, -0.2) is 9.69 Å². The number of nitrogens with zero attached hydrogens (tertiary/aromatic N) is 3. The van der Waals surface area contributed by atoms with Crippen molar-refractivity contribution in [2.24, 2.45) is 0 Å². The van der Waals surface area contributed by atoms with Gasteiger partial charge in [0.05, 0.1) is 5.75 Å². The van der Waals surface area contributed by atoms with Gasteiger partial charge in [-0.2, -0.15) is 0 Å². The van der Waals surface area contributed by atoms with Gasteiger partial charge in [0.1, 0.15) is 5.60 Å². The van der Waals surface area contributed by atoms with Gasteiger partial charge in [0.15, 0.2) is 4.34 Å². The van der Waals surface area contributed by atoms with Crippen molar-refractivity contribution in [2.75, 3.05) is 10.7 Å². The summed E-state index contributed by atoms with van der Waals surface area (Å²) in [5.74, 6) is -0.988. The van der Waals surface area contributed by atoms with Gasteiger partial charge in [0.25, 0.3) is 0 Å². The van der Waals surface area contributed by atoms with E-state index in [0.717, 1.165) is 37.4 Å². The smallest absolute Gasteiger partial charge is 0.416 e. The number of carboxylic acids is 1. The van der Waals surface area contributed by atoms with Crippen molar-refractivity contribution >= 4 is 40.3 Å². The van der Waals surface area contributed by atoms with Crippen LogP contribution in [0.1, 0.15) is 52.9 Å². The highest BCUT2D eigenvalue weighted by molar-refractivity contribution is 8.01. The van der Waals surface area contributed by atoms with Crippen LogP contribution in [0, 0.1) is 0 Å². The molecule has 1 aliphatic rings. The van der Waals surface area contributed by atoms with E-state index in [9.17, 15) is 9.59 Å². The van der Waals surface area contributed by atoms with E-state index in [1.54, 1.807) is 4.90 Å². The summed E-state index contributed by atoms with van der Waals surface area (Å²) < 4.78 is 6.08. The molecule has 0 unspecified atom stereocenters. The largest absolute Gasteiger partial charge is 0.481 e. The van der Waals surface area contributed by atoms with Gasteiger partial charge in [-0.3, -0.25) is 4.79 Å². The zero-order valence-electron chi connectivity index (χ0n) is 14.2. The van der Waals surface area contributed by atoms with E-state index in [2.05, 4.69) is 10.2 Å². The second kappa shape index (κ2) is 8.15. The number of aromatic nitrogens is 2. The lowest BCUT2D eigenvalue weighted by Crippen LogP contribution is -2.44. The first kappa shape index (κ1) is 19.0. The number of carbonyl (C=O) groups excluding carboxylic acids is 1. The van der Waals surface area contributed by atoms with E-state index >= 15 is 0 Å². The third-order valence-electron chi connectivity index (χ3n) is 3.45. The molecule has 24 heavy (non-hydrogen) atoms. The maximum absolute atomic E-state index is 12.7. The number of aliphatic carboxylic acids is 1. The van der Waals surface area contributed by atoms with Gasteiger partial charge in [-0.05, 0) is 33.6 Å². The van der Waals surface area contributed by atoms with Gasteiger partial charge in [0.2, 0.25) is 5.13 Å². The number of anilines is 1. The first-order valence-corrected chi connectivity index (χ1v) is 9.77. The Hall–Kier alpha value is -1.35. The van der Waals surface area contributed by atoms with Crippen molar-refractivity contribution in [3.05, 3.63) is 0 Å². The molecule has 0 aromatic carbocycles. The van der Waals surface area contributed by atoms with Gasteiger partial charge < -0.3 is 9.84 Å². The number of carboxylic acid groups (broad SMARTS) is 1. The Morgan fingerprint density at radius 3 is 2.54 bits per heavy atom. The monoisotopic (exact) mass is 373 g/mol. The van der Waals surface area contributed by atoms with Crippen LogP contribution in [0.5, 0.6) is 0 Å². The van der Waals surface area contributed by atoms with Crippen LogP contribution >= 0.6 is 23.1 Å². The fraction of sp³-hybridized carbons (Fsp3) is 0.733. The van der Waals surface area contributed by atoms with Gasteiger partial charge in [0, 0.05) is 6.04 Å². The lowest BCUT2D eigenvalue weighted by Gasteiger charge is -2.33. The molecule has 0 spiro atoms.